The molecule has 0 aliphatic heterocycles. The second-order valence-corrected chi connectivity index (χ2v) is 12.9. The Hall–Kier alpha value is -2.40. The Morgan fingerprint density at radius 2 is 1.75 bits per heavy atom. The number of nitrogens with one attached hydrogen (secondary N) is 1. The number of benzene rings is 2. The van der Waals surface area contributed by atoms with Gasteiger partial charge < -0.3 is 15.6 Å². The third-order valence-corrected chi connectivity index (χ3v) is 9.83. The van der Waals surface area contributed by atoms with Crippen molar-refractivity contribution in [3.05, 3.63) is 71.1 Å². The molecule has 0 saturated carbocycles. The molecule has 3 rings (SSSR count). The Kier molecular flexibility index (Phi) is 7.94. The Morgan fingerprint density at radius 3 is 2.34 bits per heavy atom. The van der Waals surface area contributed by atoms with E-state index in [1.54, 1.807) is 29.5 Å². The fraction of sp³-hybridized carbons (Fsp3) is 0.320. The fourth-order valence-corrected chi connectivity index (χ4v) is 6.37. The van der Waals surface area contributed by atoms with Crippen LogP contribution in [-0.4, -0.2) is 23.8 Å². The van der Waals surface area contributed by atoms with E-state index in [1.807, 2.05) is 69.5 Å². The zero-order valence-electron chi connectivity index (χ0n) is 19.0. The average Bonchev–Trinajstić information content (AvgIpc) is 3.30. The lowest BCUT2D eigenvalue weighted by molar-refractivity contribution is 0.102. The Balaban J connectivity index is 1.62. The van der Waals surface area contributed by atoms with Crippen molar-refractivity contribution in [2.45, 2.75) is 45.4 Å². The van der Waals surface area contributed by atoms with Crippen LogP contribution in [0.4, 0.5) is 11.4 Å². The number of hydrogen-bond acceptors (Lipinski definition) is 5. The number of thiophene rings is 1. The van der Waals surface area contributed by atoms with Crippen LogP contribution in [0.1, 0.15) is 43.6 Å². The minimum atomic E-state index is -2.67. The molecule has 0 unspecified atom stereocenters. The molecular weight excluding hydrogens is 439 g/mol. The predicted molar refractivity (Wildman–Crippen MR) is 136 cm³/mol. The lowest BCUT2D eigenvalue weighted by atomic mass is 10.1. The normalized spacial score (nSPS) is 11.8. The summed E-state index contributed by atoms with van der Waals surface area (Å²) < 4.78 is 18.8. The summed E-state index contributed by atoms with van der Waals surface area (Å²) in [4.78, 5) is 13.9. The largest absolute Gasteiger partial charge is 0.397 e. The van der Waals surface area contributed by atoms with Crippen LogP contribution < -0.4 is 11.1 Å². The summed E-state index contributed by atoms with van der Waals surface area (Å²) in [5.74, 6) is -0.216. The summed E-state index contributed by atoms with van der Waals surface area (Å²) in [5.41, 5.74) is 9.78. The molecule has 3 N–H and O–H groups in total. The Morgan fingerprint density at radius 1 is 1.06 bits per heavy atom. The van der Waals surface area contributed by atoms with Crippen LogP contribution in [0, 0.1) is 0 Å². The average molecular weight is 471 g/mol. The summed E-state index contributed by atoms with van der Waals surface area (Å²) >= 11 is 1.64. The van der Waals surface area contributed by atoms with Gasteiger partial charge in [0, 0.05) is 21.8 Å². The standard InChI is InChI=1S/C25H31N2O3PS/c1-17(2)31(29,18(3)4)30-14-13-19-7-9-20(10-8-19)25(28)27-23-16-21(11-12-22(23)26)24-6-5-15-32-24/h5-12,15-18H,13-14,26H2,1-4H3,(H,27,28). The van der Waals surface area contributed by atoms with Gasteiger partial charge in [0.15, 0.2) is 0 Å². The van der Waals surface area contributed by atoms with E-state index in [-0.39, 0.29) is 17.2 Å². The molecule has 5 nitrogen and oxygen atoms in total. The number of rotatable bonds is 9. The van der Waals surface area contributed by atoms with E-state index in [0.717, 1.165) is 16.0 Å². The summed E-state index contributed by atoms with van der Waals surface area (Å²) in [7, 11) is -2.67. The number of carbonyl (C=O) groups excluding carboxylic acids is 1. The van der Waals surface area contributed by atoms with E-state index < -0.39 is 7.37 Å². The van der Waals surface area contributed by atoms with Gasteiger partial charge in [-0.2, -0.15) is 0 Å². The van der Waals surface area contributed by atoms with Gasteiger partial charge in [0.2, 0.25) is 7.37 Å². The number of carbonyl (C=O) groups is 1. The van der Waals surface area contributed by atoms with E-state index in [0.29, 0.717) is 30.0 Å². The molecule has 1 amide bonds. The Labute approximate surface area is 194 Å². The predicted octanol–water partition coefficient (Wildman–Crippen LogP) is 6.90. The van der Waals surface area contributed by atoms with Crippen molar-refractivity contribution in [2.24, 2.45) is 0 Å². The summed E-state index contributed by atoms with van der Waals surface area (Å²) in [5, 5.41) is 4.93. The summed E-state index contributed by atoms with van der Waals surface area (Å²) in [6.45, 7) is 8.16. The van der Waals surface area contributed by atoms with Gasteiger partial charge >= 0.3 is 0 Å². The van der Waals surface area contributed by atoms with Crippen LogP contribution in [0.5, 0.6) is 0 Å². The van der Waals surface area contributed by atoms with Crippen LogP contribution in [0.25, 0.3) is 10.4 Å². The van der Waals surface area contributed by atoms with Gasteiger partial charge in [0.25, 0.3) is 5.91 Å². The maximum atomic E-state index is 13.0. The first-order valence-electron chi connectivity index (χ1n) is 10.8. The van der Waals surface area contributed by atoms with Crippen LogP contribution in [0.3, 0.4) is 0 Å². The fourth-order valence-electron chi connectivity index (χ4n) is 3.48. The second kappa shape index (κ2) is 10.5. The van der Waals surface area contributed by atoms with Gasteiger partial charge in [-0.05, 0) is 53.3 Å². The lowest BCUT2D eigenvalue weighted by Gasteiger charge is -2.25. The van der Waals surface area contributed by atoms with E-state index >= 15 is 0 Å². The summed E-state index contributed by atoms with van der Waals surface area (Å²) in [6.07, 6.45) is 0.640. The SMILES string of the molecule is CC(C)P(=O)(OCCc1ccc(C(=O)Nc2cc(-c3cccs3)ccc2N)cc1)C(C)C. The van der Waals surface area contributed by atoms with Crippen LogP contribution in [0.15, 0.2) is 60.0 Å². The van der Waals surface area contributed by atoms with Gasteiger partial charge in [-0.1, -0.05) is 52.0 Å². The number of nitrogens with two attached hydrogens (primary N) is 1. The van der Waals surface area contributed by atoms with Gasteiger partial charge in [-0.15, -0.1) is 11.3 Å². The molecule has 0 radical (unpaired) electrons. The summed E-state index contributed by atoms with van der Waals surface area (Å²) in [6, 6.07) is 17.1. The van der Waals surface area contributed by atoms with Crippen LogP contribution in [0.2, 0.25) is 0 Å². The van der Waals surface area contributed by atoms with E-state index in [4.69, 9.17) is 10.3 Å². The highest BCUT2D eigenvalue weighted by Gasteiger charge is 2.31. The molecule has 0 saturated heterocycles. The Bertz CT molecular complexity index is 1080. The first kappa shape index (κ1) is 24.2. The molecule has 1 heterocycles. The molecule has 0 atom stereocenters. The van der Waals surface area contributed by atoms with Crippen molar-refractivity contribution in [2.75, 3.05) is 17.7 Å². The van der Waals surface area contributed by atoms with Gasteiger partial charge in [0.05, 0.1) is 18.0 Å². The van der Waals surface area contributed by atoms with Gasteiger partial charge in [0.1, 0.15) is 0 Å². The number of nitrogen functional groups attached to an aromatic ring is 1. The number of amides is 1. The third-order valence-electron chi connectivity index (χ3n) is 5.45. The number of anilines is 2. The molecule has 2 aromatic carbocycles. The highest BCUT2D eigenvalue weighted by atomic mass is 32.1. The first-order valence-corrected chi connectivity index (χ1v) is 13.4. The van der Waals surface area contributed by atoms with Crippen molar-refractivity contribution in [1.82, 2.24) is 0 Å². The van der Waals surface area contributed by atoms with Crippen molar-refractivity contribution < 1.29 is 13.9 Å². The molecule has 3 aromatic rings. The minimum absolute atomic E-state index is 0.000623. The third kappa shape index (κ3) is 5.69. The molecule has 7 heteroatoms. The lowest BCUT2D eigenvalue weighted by Crippen LogP contribution is -2.14. The van der Waals surface area contributed by atoms with Crippen LogP contribution >= 0.6 is 18.7 Å². The quantitative estimate of drug-likeness (QED) is 0.263. The van der Waals surface area contributed by atoms with Crippen molar-refractivity contribution in [3.63, 3.8) is 0 Å². The molecule has 0 spiro atoms. The minimum Gasteiger partial charge on any atom is -0.397 e. The van der Waals surface area contributed by atoms with Crippen molar-refractivity contribution in [3.8, 4) is 10.4 Å². The first-order chi connectivity index (χ1) is 15.2. The number of hydrogen-bond donors (Lipinski definition) is 2. The molecular formula is C25H31N2O3PS. The van der Waals surface area contributed by atoms with Crippen molar-refractivity contribution in [1.29, 1.82) is 0 Å². The zero-order valence-corrected chi connectivity index (χ0v) is 20.7. The topological polar surface area (TPSA) is 81.4 Å². The molecule has 1 aromatic heterocycles. The monoisotopic (exact) mass is 470 g/mol. The molecule has 0 fully saturated rings. The van der Waals surface area contributed by atoms with Crippen molar-refractivity contribution >= 4 is 36.0 Å². The molecule has 170 valence electrons. The second-order valence-electron chi connectivity index (χ2n) is 8.35. The smallest absolute Gasteiger partial charge is 0.255 e. The van der Waals surface area contributed by atoms with E-state index in [1.165, 1.54) is 0 Å². The highest BCUT2D eigenvalue weighted by molar-refractivity contribution is 7.60. The molecule has 32 heavy (non-hydrogen) atoms. The van der Waals surface area contributed by atoms with E-state index in [9.17, 15) is 9.36 Å². The maximum Gasteiger partial charge on any atom is 0.255 e. The molecule has 0 aliphatic rings. The van der Waals surface area contributed by atoms with E-state index in [2.05, 4.69) is 5.32 Å². The maximum absolute atomic E-state index is 13.0. The highest BCUT2D eigenvalue weighted by Crippen LogP contribution is 2.55. The molecule has 0 aliphatic carbocycles. The van der Waals surface area contributed by atoms with Crippen LogP contribution in [-0.2, 0) is 15.5 Å². The van der Waals surface area contributed by atoms with Gasteiger partial charge in [-0.25, -0.2) is 0 Å². The zero-order chi connectivity index (χ0) is 23.3. The molecule has 0 bridgehead atoms. The van der Waals surface area contributed by atoms with Gasteiger partial charge in [-0.3, -0.25) is 9.36 Å².